The molecule has 7 heteroatoms. The van der Waals surface area contributed by atoms with Crippen molar-refractivity contribution in [3.63, 3.8) is 0 Å². The van der Waals surface area contributed by atoms with E-state index in [-0.39, 0.29) is 30.2 Å². The molecule has 0 amide bonds. The minimum absolute atomic E-state index is 0.147. The van der Waals surface area contributed by atoms with Gasteiger partial charge in [-0.15, -0.1) is 0 Å². The topological polar surface area (TPSA) is 91.4 Å². The molecular formula is C11H14N2O5. The number of nitrogens with zero attached hydrogens (tertiary/aromatic N) is 2. The standard InChI is InChI=1S/C11H14N2O5/c1-2-18-11(15)4-3-7-12-8-9(13(16)17)5-6-10(12)14/h5-6,8H,2-4,7H2,1H3. The van der Waals surface area contributed by atoms with Crippen LogP contribution in [-0.2, 0) is 16.1 Å². The molecular weight excluding hydrogens is 240 g/mol. The van der Waals surface area contributed by atoms with Crippen molar-refractivity contribution in [3.05, 3.63) is 38.8 Å². The smallest absolute Gasteiger partial charge is 0.305 e. The lowest BCUT2D eigenvalue weighted by atomic mass is 10.3. The maximum Gasteiger partial charge on any atom is 0.305 e. The van der Waals surface area contributed by atoms with Crippen molar-refractivity contribution in [2.75, 3.05) is 6.61 Å². The van der Waals surface area contributed by atoms with Crippen LogP contribution in [0.15, 0.2) is 23.1 Å². The molecule has 0 saturated heterocycles. The van der Waals surface area contributed by atoms with Crippen LogP contribution in [0.2, 0.25) is 0 Å². The van der Waals surface area contributed by atoms with E-state index >= 15 is 0 Å². The molecule has 0 atom stereocenters. The van der Waals surface area contributed by atoms with E-state index in [4.69, 9.17) is 4.74 Å². The maximum atomic E-state index is 11.4. The number of ether oxygens (including phenoxy) is 1. The van der Waals surface area contributed by atoms with Crippen LogP contribution in [0.25, 0.3) is 0 Å². The zero-order chi connectivity index (χ0) is 13.5. The molecule has 0 radical (unpaired) electrons. The molecule has 0 aliphatic carbocycles. The van der Waals surface area contributed by atoms with E-state index in [1.807, 2.05) is 0 Å². The summed E-state index contributed by atoms with van der Waals surface area (Å²) in [7, 11) is 0. The van der Waals surface area contributed by atoms with Crippen LogP contribution in [0.3, 0.4) is 0 Å². The van der Waals surface area contributed by atoms with Crippen molar-refractivity contribution in [2.45, 2.75) is 26.3 Å². The fourth-order valence-corrected chi connectivity index (χ4v) is 1.43. The number of aromatic nitrogens is 1. The Labute approximate surface area is 103 Å². The SMILES string of the molecule is CCOC(=O)CCCn1cc([N+](=O)[O-])ccc1=O. The first-order valence-electron chi connectivity index (χ1n) is 5.55. The van der Waals surface area contributed by atoms with Gasteiger partial charge in [0.05, 0.1) is 17.7 Å². The molecule has 0 fully saturated rings. The summed E-state index contributed by atoms with van der Waals surface area (Å²) in [6, 6.07) is 2.30. The van der Waals surface area contributed by atoms with Crippen molar-refractivity contribution in [2.24, 2.45) is 0 Å². The van der Waals surface area contributed by atoms with Crippen molar-refractivity contribution < 1.29 is 14.5 Å². The minimum Gasteiger partial charge on any atom is -0.466 e. The molecule has 1 aromatic rings. The summed E-state index contributed by atoms with van der Waals surface area (Å²) in [5, 5.41) is 10.5. The van der Waals surface area contributed by atoms with Crippen LogP contribution >= 0.6 is 0 Å². The first-order chi connectivity index (χ1) is 8.54. The van der Waals surface area contributed by atoms with Crippen LogP contribution in [0, 0.1) is 10.1 Å². The molecule has 7 nitrogen and oxygen atoms in total. The predicted octanol–water partition coefficient (Wildman–Crippen LogP) is 1.10. The molecule has 0 unspecified atom stereocenters. The first-order valence-corrected chi connectivity index (χ1v) is 5.55. The molecule has 0 saturated carbocycles. The number of aryl methyl sites for hydroxylation is 1. The Morgan fingerprint density at radius 3 is 2.83 bits per heavy atom. The van der Waals surface area contributed by atoms with Gasteiger partial charge in [-0.2, -0.15) is 0 Å². The summed E-state index contributed by atoms with van der Waals surface area (Å²) < 4.78 is 5.96. The van der Waals surface area contributed by atoms with Gasteiger partial charge in [0.15, 0.2) is 0 Å². The van der Waals surface area contributed by atoms with Crippen LogP contribution in [0.5, 0.6) is 0 Å². The van der Waals surface area contributed by atoms with E-state index in [0.29, 0.717) is 13.0 Å². The molecule has 0 aromatic carbocycles. The van der Waals surface area contributed by atoms with Gasteiger partial charge in [-0.3, -0.25) is 19.7 Å². The Hall–Kier alpha value is -2.18. The van der Waals surface area contributed by atoms with Gasteiger partial charge < -0.3 is 9.30 Å². The highest BCUT2D eigenvalue weighted by atomic mass is 16.6. The van der Waals surface area contributed by atoms with Crippen LogP contribution in [0.1, 0.15) is 19.8 Å². The second-order valence-electron chi connectivity index (χ2n) is 3.58. The van der Waals surface area contributed by atoms with Gasteiger partial charge >= 0.3 is 5.97 Å². The summed E-state index contributed by atoms with van der Waals surface area (Å²) >= 11 is 0. The number of esters is 1. The second-order valence-corrected chi connectivity index (χ2v) is 3.58. The van der Waals surface area contributed by atoms with Crippen LogP contribution < -0.4 is 5.56 Å². The molecule has 0 bridgehead atoms. The molecule has 0 aliphatic heterocycles. The lowest BCUT2D eigenvalue weighted by Crippen LogP contribution is -2.19. The maximum absolute atomic E-state index is 11.4. The Balaban J connectivity index is 2.61. The molecule has 1 aromatic heterocycles. The van der Waals surface area contributed by atoms with Gasteiger partial charge in [0, 0.05) is 25.1 Å². The third-order valence-electron chi connectivity index (χ3n) is 2.26. The van der Waals surface area contributed by atoms with E-state index < -0.39 is 4.92 Å². The fraction of sp³-hybridized carbons (Fsp3) is 0.455. The number of carbonyl (C=O) groups is 1. The van der Waals surface area contributed by atoms with E-state index in [0.717, 1.165) is 12.1 Å². The summed E-state index contributed by atoms with van der Waals surface area (Å²) in [6.45, 7) is 2.28. The van der Waals surface area contributed by atoms with Crippen molar-refractivity contribution in [3.8, 4) is 0 Å². The largest absolute Gasteiger partial charge is 0.466 e. The van der Waals surface area contributed by atoms with Crippen molar-refractivity contribution in [1.82, 2.24) is 4.57 Å². The van der Waals surface area contributed by atoms with Gasteiger partial charge in [0.1, 0.15) is 0 Å². The van der Waals surface area contributed by atoms with E-state index in [9.17, 15) is 19.7 Å². The number of rotatable bonds is 6. The number of hydrogen-bond donors (Lipinski definition) is 0. The third kappa shape index (κ3) is 4.00. The molecule has 1 heterocycles. The zero-order valence-corrected chi connectivity index (χ0v) is 10.00. The summed E-state index contributed by atoms with van der Waals surface area (Å²) in [6.07, 6.45) is 1.76. The number of hydrogen-bond acceptors (Lipinski definition) is 5. The number of pyridine rings is 1. The highest BCUT2D eigenvalue weighted by Gasteiger charge is 2.08. The van der Waals surface area contributed by atoms with Crippen molar-refractivity contribution in [1.29, 1.82) is 0 Å². The molecule has 98 valence electrons. The molecule has 0 aliphatic rings. The highest BCUT2D eigenvalue weighted by Crippen LogP contribution is 2.07. The van der Waals surface area contributed by atoms with Crippen LogP contribution in [0.4, 0.5) is 5.69 Å². The Morgan fingerprint density at radius 1 is 1.50 bits per heavy atom. The van der Waals surface area contributed by atoms with Crippen molar-refractivity contribution >= 4 is 11.7 Å². The Bertz CT molecular complexity index is 494. The normalized spacial score (nSPS) is 10.1. The van der Waals surface area contributed by atoms with Crippen LogP contribution in [-0.4, -0.2) is 22.1 Å². The van der Waals surface area contributed by atoms with Gasteiger partial charge in [0.2, 0.25) is 0 Å². The monoisotopic (exact) mass is 254 g/mol. The number of carbonyl (C=O) groups excluding carboxylic acids is 1. The van der Waals surface area contributed by atoms with E-state index in [1.165, 1.54) is 10.8 Å². The molecule has 1 rings (SSSR count). The third-order valence-corrected chi connectivity index (χ3v) is 2.26. The molecule has 0 spiro atoms. The lowest BCUT2D eigenvalue weighted by Gasteiger charge is -2.05. The minimum atomic E-state index is -0.568. The lowest BCUT2D eigenvalue weighted by molar-refractivity contribution is -0.385. The zero-order valence-electron chi connectivity index (χ0n) is 10.00. The van der Waals surface area contributed by atoms with Gasteiger partial charge in [-0.25, -0.2) is 0 Å². The average molecular weight is 254 g/mol. The van der Waals surface area contributed by atoms with Gasteiger partial charge in [-0.05, 0) is 13.3 Å². The van der Waals surface area contributed by atoms with E-state index in [1.54, 1.807) is 6.92 Å². The summed E-state index contributed by atoms with van der Waals surface area (Å²) in [4.78, 5) is 32.5. The van der Waals surface area contributed by atoms with E-state index in [2.05, 4.69) is 0 Å². The Morgan fingerprint density at radius 2 is 2.22 bits per heavy atom. The Kier molecular flexibility index (Phi) is 5.04. The van der Waals surface area contributed by atoms with Gasteiger partial charge in [0.25, 0.3) is 11.2 Å². The summed E-state index contributed by atoms with van der Waals surface area (Å²) in [5.41, 5.74) is -0.477. The highest BCUT2D eigenvalue weighted by molar-refractivity contribution is 5.69. The average Bonchev–Trinajstić information content (AvgIpc) is 2.31. The first kappa shape index (κ1) is 13.9. The van der Waals surface area contributed by atoms with Gasteiger partial charge in [-0.1, -0.05) is 0 Å². The molecule has 0 N–H and O–H groups in total. The summed E-state index contributed by atoms with van der Waals surface area (Å²) in [5.74, 6) is -0.337. The predicted molar refractivity (Wildman–Crippen MR) is 63.2 cm³/mol. The fourth-order valence-electron chi connectivity index (χ4n) is 1.43. The number of nitro groups is 1. The molecule has 18 heavy (non-hydrogen) atoms. The quantitative estimate of drug-likeness (QED) is 0.430. The second kappa shape index (κ2) is 6.53.